The van der Waals surface area contributed by atoms with Gasteiger partial charge in [-0.2, -0.15) is 0 Å². The van der Waals surface area contributed by atoms with Crippen LogP contribution in [0.3, 0.4) is 0 Å². The summed E-state index contributed by atoms with van der Waals surface area (Å²) in [7, 11) is 3.20. The van der Waals surface area contributed by atoms with Crippen LogP contribution in [0.2, 0.25) is 0 Å². The molecule has 0 N–H and O–H groups in total. The van der Waals surface area contributed by atoms with Crippen LogP contribution in [0.15, 0.2) is 22.6 Å². The maximum Gasteiger partial charge on any atom is 0.231 e. The van der Waals surface area contributed by atoms with E-state index in [1.54, 1.807) is 14.2 Å². The van der Waals surface area contributed by atoms with Crippen LogP contribution < -0.4 is 23.7 Å². The Bertz CT molecular complexity index is 925. The minimum atomic E-state index is 0.0286. The molecule has 0 saturated heterocycles. The lowest BCUT2D eigenvalue weighted by atomic mass is 10.1. The minimum Gasteiger partial charge on any atom is -0.493 e. The first-order valence-electron chi connectivity index (χ1n) is 7.70. The van der Waals surface area contributed by atoms with E-state index in [1.165, 1.54) is 0 Å². The predicted molar refractivity (Wildman–Crippen MR) is 88.7 cm³/mol. The van der Waals surface area contributed by atoms with Crippen LogP contribution in [0, 0.1) is 0 Å². The highest BCUT2D eigenvalue weighted by Gasteiger charge is 2.26. The highest BCUT2D eigenvalue weighted by molar-refractivity contribution is 6.09. The molecule has 2 heterocycles. The van der Waals surface area contributed by atoms with Gasteiger partial charge in [-0.05, 0) is 26.0 Å². The second-order valence-corrected chi connectivity index (χ2v) is 5.79. The van der Waals surface area contributed by atoms with Gasteiger partial charge in [-0.25, -0.2) is 0 Å². The summed E-state index contributed by atoms with van der Waals surface area (Å²) < 4.78 is 33.8. The molecule has 0 fully saturated rings. The number of furan rings is 1. The van der Waals surface area contributed by atoms with Crippen LogP contribution in [0.5, 0.6) is 28.7 Å². The maximum absolute atomic E-state index is 6.03. The number of ether oxygens (including phenoxy) is 5. The molecule has 1 aliphatic rings. The van der Waals surface area contributed by atoms with Crippen molar-refractivity contribution in [3.63, 3.8) is 0 Å². The Balaban J connectivity index is 2.02. The lowest BCUT2D eigenvalue weighted by Crippen LogP contribution is -2.06. The van der Waals surface area contributed by atoms with Crippen molar-refractivity contribution >= 4 is 21.9 Å². The second kappa shape index (κ2) is 5.40. The fourth-order valence-corrected chi connectivity index (χ4v) is 2.93. The third kappa shape index (κ3) is 2.10. The van der Waals surface area contributed by atoms with Crippen molar-refractivity contribution in [2.75, 3.05) is 21.0 Å². The number of benzene rings is 2. The van der Waals surface area contributed by atoms with Crippen molar-refractivity contribution in [1.82, 2.24) is 0 Å². The Labute approximate surface area is 138 Å². The van der Waals surface area contributed by atoms with Gasteiger partial charge >= 0.3 is 0 Å². The van der Waals surface area contributed by atoms with Gasteiger partial charge < -0.3 is 28.1 Å². The molecular formula is C18H18O6. The lowest BCUT2D eigenvalue weighted by molar-refractivity contribution is 0.171. The average Bonchev–Trinajstić information content (AvgIpc) is 3.15. The standard InChI is InChI=1S/C18H18O6/c1-9(2)23-14-7-12-10(5-13(14)19-3)11-6-15-17(22-8-21-15)18(20-4)16(11)24-12/h5-7,9H,8H2,1-4H3. The number of fused-ring (bicyclic) bond motifs is 4. The van der Waals surface area contributed by atoms with Gasteiger partial charge in [0.25, 0.3) is 0 Å². The van der Waals surface area contributed by atoms with E-state index in [0.29, 0.717) is 39.9 Å². The fraction of sp³-hybridized carbons (Fsp3) is 0.333. The Morgan fingerprint density at radius 3 is 2.50 bits per heavy atom. The number of methoxy groups -OCH3 is 2. The van der Waals surface area contributed by atoms with Crippen LogP contribution in [0.25, 0.3) is 21.9 Å². The molecule has 6 heteroatoms. The molecule has 0 spiro atoms. The molecule has 4 rings (SSSR count). The van der Waals surface area contributed by atoms with Crippen LogP contribution >= 0.6 is 0 Å². The zero-order valence-electron chi connectivity index (χ0n) is 14.0. The molecule has 0 unspecified atom stereocenters. The first-order valence-corrected chi connectivity index (χ1v) is 7.70. The molecule has 0 radical (unpaired) electrons. The maximum atomic E-state index is 6.03. The van der Waals surface area contributed by atoms with Gasteiger partial charge in [0.05, 0.1) is 20.3 Å². The van der Waals surface area contributed by atoms with Crippen LogP contribution in [-0.2, 0) is 0 Å². The quantitative estimate of drug-likeness (QED) is 0.717. The molecule has 2 aromatic carbocycles. The topological polar surface area (TPSA) is 59.3 Å². The monoisotopic (exact) mass is 330 g/mol. The molecule has 1 aliphatic heterocycles. The first-order chi connectivity index (χ1) is 11.6. The summed E-state index contributed by atoms with van der Waals surface area (Å²) in [4.78, 5) is 0. The van der Waals surface area contributed by atoms with Crippen molar-refractivity contribution in [2.45, 2.75) is 20.0 Å². The van der Waals surface area contributed by atoms with E-state index in [2.05, 4.69) is 0 Å². The highest BCUT2D eigenvalue weighted by Crippen LogP contribution is 2.50. The molecular weight excluding hydrogens is 312 g/mol. The van der Waals surface area contributed by atoms with E-state index >= 15 is 0 Å². The molecule has 1 aromatic heterocycles. The zero-order chi connectivity index (χ0) is 16.8. The van der Waals surface area contributed by atoms with Crippen LogP contribution in [0.4, 0.5) is 0 Å². The average molecular weight is 330 g/mol. The van der Waals surface area contributed by atoms with Gasteiger partial charge in [0, 0.05) is 16.8 Å². The molecule has 0 bridgehead atoms. The highest BCUT2D eigenvalue weighted by atomic mass is 16.7. The van der Waals surface area contributed by atoms with Crippen molar-refractivity contribution in [2.24, 2.45) is 0 Å². The van der Waals surface area contributed by atoms with E-state index in [4.69, 9.17) is 28.1 Å². The Kier molecular flexibility index (Phi) is 3.33. The summed E-state index contributed by atoms with van der Waals surface area (Å²) in [5.41, 5.74) is 1.30. The summed E-state index contributed by atoms with van der Waals surface area (Å²) in [6, 6.07) is 5.63. The molecule has 0 atom stereocenters. The second-order valence-electron chi connectivity index (χ2n) is 5.79. The van der Waals surface area contributed by atoms with Gasteiger partial charge in [0.2, 0.25) is 18.3 Å². The largest absolute Gasteiger partial charge is 0.493 e. The van der Waals surface area contributed by atoms with Crippen LogP contribution in [-0.4, -0.2) is 27.1 Å². The van der Waals surface area contributed by atoms with Gasteiger partial charge in [-0.15, -0.1) is 0 Å². The molecule has 126 valence electrons. The number of hydrogen-bond donors (Lipinski definition) is 0. The summed E-state index contributed by atoms with van der Waals surface area (Å²) in [5, 5.41) is 1.77. The van der Waals surface area contributed by atoms with Gasteiger partial charge in [0.1, 0.15) is 5.58 Å². The molecule has 0 amide bonds. The van der Waals surface area contributed by atoms with Crippen molar-refractivity contribution in [1.29, 1.82) is 0 Å². The van der Waals surface area contributed by atoms with E-state index in [9.17, 15) is 0 Å². The molecule has 24 heavy (non-hydrogen) atoms. The third-order valence-corrected chi connectivity index (χ3v) is 3.91. The van der Waals surface area contributed by atoms with Crippen molar-refractivity contribution in [3.8, 4) is 28.7 Å². The van der Waals surface area contributed by atoms with Crippen molar-refractivity contribution < 1.29 is 28.1 Å². The Morgan fingerprint density at radius 2 is 1.79 bits per heavy atom. The minimum absolute atomic E-state index is 0.0286. The normalized spacial score (nSPS) is 13.0. The SMILES string of the molecule is COc1cc2c(cc1OC(C)C)oc1c(OC)c3c(cc12)OCO3. The molecule has 0 saturated carbocycles. The Morgan fingerprint density at radius 1 is 0.958 bits per heavy atom. The van der Waals surface area contributed by atoms with E-state index in [0.717, 1.165) is 10.8 Å². The molecule has 3 aromatic rings. The summed E-state index contributed by atoms with van der Waals surface area (Å²) in [6.07, 6.45) is 0.0286. The Hall–Kier alpha value is -2.76. The molecule has 0 aliphatic carbocycles. The van der Waals surface area contributed by atoms with E-state index < -0.39 is 0 Å². The van der Waals surface area contributed by atoms with Crippen LogP contribution in [0.1, 0.15) is 13.8 Å². The van der Waals surface area contributed by atoms with E-state index in [-0.39, 0.29) is 12.9 Å². The third-order valence-electron chi connectivity index (χ3n) is 3.91. The van der Waals surface area contributed by atoms with Gasteiger partial charge in [0.15, 0.2) is 22.8 Å². The summed E-state index contributed by atoms with van der Waals surface area (Å²) in [6.45, 7) is 4.10. The van der Waals surface area contributed by atoms with Gasteiger partial charge in [-0.3, -0.25) is 0 Å². The number of hydrogen-bond acceptors (Lipinski definition) is 6. The molecule has 6 nitrogen and oxygen atoms in total. The van der Waals surface area contributed by atoms with E-state index in [1.807, 2.05) is 32.0 Å². The summed E-state index contributed by atoms with van der Waals surface area (Å²) in [5.74, 6) is 3.02. The summed E-state index contributed by atoms with van der Waals surface area (Å²) >= 11 is 0. The van der Waals surface area contributed by atoms with Crippen molar-refractivity contribution in [3.05, 3.63) is 18.2 Å². The lowest BCUT2D eigenvalue weighted by Gasteiger charge is -2.13. The zero-order valence-corrected chi connectivity index (χ0v) is 14.0. The smallest absolute Gasteiger partial charge is 0.231 e. The first kappa shape index (κ1) is 14.8. The predicted octanol–water partition coefficient (Wildman–Crippen LogP) is 4.12. The number of rotatable bonds is 4. The van der Waals surface area contributed by atoms with Gasteiger partial charge in [-0.1, -0.05) is 0 Å². The fourth-order valence-electron chi connectivity index (χ4n) is 2.93.